The number of carbonyl (C=O) groups is 1. The molecule has 0 radical (unpaired) electrons. The molecule has 7 heteroatoms. The minimum absolute atomic E-state index is 0.317. The van der Waals surface area contributed by atoms with Crippen LogP contribution in [0, 0.1) is 12.8 Å². The van der Waals surface area contributed by atoms with Crippen LogP contribution in [0.4, 0.5) is 0 Å². The van der Waals surface area contributed by atoms with E-state index in [1.165, 1.54) is 5.69 Å². The van der Waals surface area contributed by atoms with E-state index in [9.17, 15) is 4.79 Å². The van der Waals surface area contributed by atoms with Gasteiger partial charge in [0.2, 0.25) is 0 Å². The molecule has 0 saturated carbocycles. The lowest BCUT2D eigenvalue weighted by atomic mass is 10.0. The van der Waals surface area contributed by atoms with Gasteiger partial charge in [0.15, 0.2) is 5.69 Å². The largest absolute Gasteiger partial charge is 0.461 e. The Hall–Kier alpha value is -2.15. The van der Waals surface area contributed by atoms with Gasteiger partial charge in [-0.3, -0.25) is 9.58 Å². The van der Waals surface area contributed by atoms with Crippen molar-refractivity contribution in [3.8, 4) is 0 Å². The Kier molecular flexibility index (Phi) is 5.99. The predicted octanol–water partition coefficient (Wildman–Crippen LogP) is 2.87. The molecule has 0 aromatic carbocycles. The lowest BCUT2D eigenvalue weighted by molar-refractivity contribution is 0.0515. The zero-order valence-corrected chi connectivity index (χ0v) is 17.1. The summed E-state index contributed by atoms with van der Waals surface area (Å²) in [6.45, 7) is 13.9. The maximum Gasteiger partial charge on any atom is 0.359 e. The Morgan fingerprint density at radius 3 is 2.74 bits per heavy atom. The van der Waals surface area contributed by atoms with Gasteiger partial charge in [0, 0.05) is 56.0 Å². The number of nitrogens with zero attached hydrogens (tertiary/aromatic N) is 4. The molecule has 148 valence electrons. The van der Waals surface area contributed by atoms with Crippen molar-refractivity contribution < 1.29 is 9.53 Å². The zero-order valence-electron chi connectivity index (χ0n) is 17.1. The number of nitrogens with one attached hydrogen (secondary N) is 1. The quantitative estimate of drug-likeness (QED) is 0.755. The molecule has 0 atom stereocenters. The number of aromatic nitrogens is 4. The van der Waals surface area contributed by atoms with Gasteiger partial charge < -0.3 is 9.72 Å². The zero-order chi connectivity index (χ0) is 19.6. The molecule has 7 nitrogen and oxygen atoms in total. The van der Waals surface area contributed by atoms with Crippen LogP contribution < -0.4 is 0 Å². The Labute approximate surface area is 161 Å². The van der Waals surface area contributed by atoms with Crippen molar-refractivity contribution in [2.75, 3.05) is 13.2 Å². The van der Waals surface area contributed by atoms with E-state index < -0.39 is 0 Å². The van der Waals surface area contributed by atoms with Crippen molar-refractivity contribution in [1.29, 1.82) is 0 Å². The fourth-order valence-corrected chi connectivity index (χ4v) is 3.64. The molecule has 0 aliphatic carbocycles. The maximum atomic E-state index is 12.4. The summed E-state index contributed by atoms with van der Waals surface area (Å²) in [6, 6.07) is 0. The SMILES string of the molecule is CCOC(=O)c1nn(CC(C)C)c2c1CN(Cc1nc(CC)[nH]c1C)CC2. The number of hydrogen-bond acceptors (Lipinski definition) is 5. The van der Waals surface area contributed by atoms with Gasteiger partial charge in [0.05, 0.1) is 12.3 Å². The normalized spacial score (nSPS) is 14.6. The number of imidazole rings is 1. The van der Waals surface area contributed by atoms with E-state index in [-0.39, 0.29) is 5.97 Å². The number of aromatic amines is 1. The summed E-state index contributed by atoms with van der Waals surface area (Å²) in [5, 5.41) is 4.62. The molecule has 0 unspecified atom stereocenters. The van der Waals surface area contributed by atoms with Crippen LogP contribution in [0.3, 0.4) is 0 Å². The van der Waals surface area contributed by atoms with Crippen molar-refractivity contribution in [2.45, 2.75) is 67.1 Å². The second-order valence-electron chi connectivity index (χ2n) is 7.64. The van der Waals surface area contributed by atoms with Crippen LogP contribution in [-0.4, -0.2) is 43.8 Å². The number of rotatable bonds is 7. The van der Waals surface area contributed by atoms with Gasteiger partial charge in [-0.25, -0.2) is 9.78 Å². The number of aryl methyl sites for hydroxylation is 2. The molecule has 27 heavy (non-hydrogen) atoms. The molecule has 3 heterocycles. The Bertz CT molecular complexity index is 806. The first-order chi connectivity index (χ1) is 12.9. The monoisotopic (exact) mass is 373 g/mol. The second kappa shape index (κ2) is 8.25. The predicted molar refractivity (Wildman–Crippen MR) is 104 cm³/mol. The summed E-state index contributed by atoms with van der Waals surface area (Å²) >= 11 is 0. The van der Waals surface area contributed by atoms with Crippen molar-refractivity contribution in [1.82, 2.24) is 24.6 Å². The van der Waals surface area contributed by atoms with Crippen LogP contribution in [0.25, 0.3) is 0 Å². The highest BCUT2D eigenvalue weighted by atomic mass is 16.5. The fraction of sp³-hybridized carbons (Fsp3) is 0.650. The van der Waals surface area contributed by atoms with E-state index in [0.717, 1.165) is 55.3 Å². The molecule has 2 aromatic rings. The first-order valence-electron chi connectivity index (χ1n) is 9.95. The lowest BCUT2D eigenvalue weighted by Gasteiger charge is -2.27. The van der Waals surface area contributed by atoms with E-state index in [1.807, 2.05) is 11.6 Å². The van der Waals surface area contributed by atoms with Gasteiger partial charge in [-0.1, -0.05) is 20.8 Å². The van der Waals surface area contributed by atoms with Crippen molar-refractivity contribution in [3.05, 3.63) is 34.2 Å². The van der Waals surface area contributed by atoms with Crippen LogP contribution in [-0.2, 0) is 37.2 Å². The molecule has 1 N–H and O–H groups in total. The van der Waals surface area contributed by atoms with E-state index in [1.54, 1.807) is 0 Å². The fourth-order valence-electron chi connectivity index (χ4n) is 3.64. The van der Waals surface area contributed by atoms with Gasteiger partial charge in [-0.2, -0.15) is 5.10 Å². The van der Waals surface area contributed by atoms with E-state index in [4.69, 9.17) is 9.72 Å². The number of esters is 1. The number of ether oxygens (including phenoxy) is 1. The highest BCUT2D eigenvalue weighted by molar-refractivity contribution is 5.89. The van der Waals surface area contributed by atoms with Gasteiger partial charge in [-0.05, 0) is 19.8 Å². The number of H-pyrrole nitrogens is 1. The van der Waals surface area contributed by atoms with Crippen molar-refractivity contribution >= 4 is 5.97 Å². The first kappa shape index (κ1) is 19.6. The standard InChI is InChI=1S/C20H31N5O2/c1-6-18-21-14(5)16(22-18)12-24-9-8-17-15(11-24)19(20(26)27-7-2)23-25(17)10-13(3)4/h13H,6-12H2,1-5H3,(H,21,22). The van der Waals surface area contributed by atoms with Crippen molar-refractivity contribution in [3.63, 3.8) is 0 Å². The van der Waals surface area contributed by atoms with Gasteiger partial charge in [0.25, 0.3) is 0 Å². The van der Waals surface area contributed by atoms with E-state index in [2.05, 4.69) is 42.7 Å². The Morgan fingerprint density at radius 2 is 2.11 bits per heavy atom. The van der Waals surface area contributed by atoms with Crippen LogP contribution in [0.5, 0.6) is 0 Å². The highest BCUT2D eigenvalue weighted by Gasteiger charge is 2.29. The van der Waals surface area contributed by atoms with Gasteiger partial charge in [-0.15, -0.1) is 0 Å². The smallest absolute Gasteiger partial charge is 0.359 e. The minimum Gasteiger partial charge on any atom is -0.461 e. The Balaban J connectivity index is 1.85. The molecular formula is C20H31N5O2. The molecule has 0 fully saturated rings. The minimum atomic E-state index is -0.317. The van der Waals surface area contributed by atoms with Gasteiger partial charge >= 0.3 is 5.97 Å². The van der Waals surface area contributed by atoms with Crippen molar-refractivity contribution in [2.24, 2.45) is 5.92 Å². The van der Waals surface area contributed by atoms with Crippen LogP contribution in [0.1, 0.15) is 66.7 Å². The summed E-state index contributed by atoms with van der Waals surface area (Å²) in [6.07, 6.45) is 1.79. The van der Waals surface area contributed by atoms with Crippen LogP contribution in [0.2, 0.25) is 0 Å². The molecule has 0 bridgehead atoms. The average molecular weight is 374 g/mol. The third-order valence-electron chi connectivity index (χ3n) is 4.96. The summed E-state index contributed by atoms with van der Waals surface area (Å²) in [7, 11) is 0. The topological polar surface area (TPSA) is 76.0 Å². The maximum absolute atomic E-state index is 12.4. The van der Waals surface area contributed by atoms with E-state index in [0.29, 0.717) is 24.8 Å². The van der Waals surface area contributed by atoms with Crippen LogP contribution in [0.15, 0.2) is 0 Å². The average Bonchev–Trinajstić information content (AvgIpc) is 3.15. The molecule has 0 spiro atoms. The molecule has 1 aliphatic heterocycles. The van der Waals surface area contributed by atoms with Crippen LogP contribution >= 0.6 is 0 Å². The molecule has 0 saturated heterocycles. The molecule has 1 aliphatic rings. The third kappa shape index (κ3) is 4.24. The summed E-state index contributed by atoms with van der Waals surface area (Å²) < 4.78 is 7.26. The molecule has 2 aromatic heterocycles. The van der Waals surface area contributed by atoms with Gasteiger partial charge in [0.1, 0.15) is 5.82 Å². The molecular weight excluding hydrogens is 342 g/mol. The molecule has 0 amide bonds. The first-order valence-corrected chi connectivity index (χ1v) is 9.95. The number of hydrogen-bond donors (Lipinski definition) is 1. The highest BCUT2D eigenvalue weighted by Crippen LogP contribution is 2.25. The lowest BCUT2D eigenvalue weighted by Crippen LogP contribution is -2.32. The summed E-state index contributed by atoms with van der Waals surface area (Å²) in [4.78, 5) is 22.8. The second-order valence-corrected chi connectivity index (χ2v) is 7.64. The summed E-state index contributed by atoms with van der Waals surface area (Å²) in [5.74, 6) is 1.18. The third-order valence-corrected chi connectivity index (χ3v) is 4.96. The molecule has 3 rings (SSSR count). The Morgan fingerprint density at radius 1 is 1.33 bits per heavy atom. The summed E-state index contributed by atoms with van der Waals surface area (Å²) in [5.41, 5.74) is 4.88. The van der Waals surface area contributed by atoms with E-state index >= 15 is 0 Å². The number of fused-ring (bicyclic) bond motifs is 1. The number of carbonyl (C=O) groups excluding carboxylic acids is 1.